The van der Waals surface area contributed by atoms with E-state index in [1.54, 1.807) is 0 Å². The van der Waals surface area contributed by atoms with Gasteiger partial charge in [0.1, 0.15) is 6.54 Å². The van der Waals surface area contributed by atoms with Gasteiger partial charge in [0.25, 0.3) is 18.2 Å². The number of carbonyl (C=O) groups excluding carboxylic acids is 3. The third kappa shape index (κ3) is 11.4. The molecule has 292 valence electrons. The Kier molecular flexibility index (Phi) is 16.0. The fourth-order valence-corrected chi connectivity index (χ4v) is 7.28. The van der Waals surface area contributed by atoms with Crippen LogP contribution in [0.1, 0.15) is 60.9 Å². The second-order valence-corrected chi connectivity index (χ2v) is 14.4. The van der Waals surface area contributed by atoms with Crippen molar-refractivity contribution >= 4 is 53.1 Å². The molecule has 15 heteroatoms. The number of methoxy groups -OCH3 is 1. The Morgan fingerprint density at radius 1 is 0.981 bits per heavy atom. The molecular formula is C39H56ClN10O4+. The topological polar surface area (TPSA) is 178 Å². The number of halogens is 1. The van der Waals surface area contributed by atoms with Crippen LogP contribution in [0.25, 0.3) is 11.0 Å². The van der Waals surface area contributed by atoms with Gasteiger partial charge in [0, 0.05) is 11.5 Å². The number of piperidine rings is 2. The first-order valence-corrected chi connectivity index (χ1v) is 18.9. The lowest BCUT2D eigenvalue weighted by Gasteiger charge is -2.40. The van der Waals surface area contributed by atoms with Crippen LogP contribution in [-0.2, 0) is 40.4 Å². The molecule has 6 rings (SSSR count). The number of nitrogen functional groups attached to an aromatic ring is 2. The highest BCUT2D eigenvalue weighted by molar-refractivity contribution is 6.31. The van der Waals surface area contributed by atoms with Crippen molar-refractivity contribution in [2.75, 3.05) is 58.9 Å². The van der Waals surface area contributed by atoms with Gasteiger partial charge in [-0.1, -0.05) is 54.1 Å². The molecule has 0 radical (unpaired) electrons. The van der Waals surface area contributed by atoms with Gasteiger partial charge in [-0.2, -0.15) is 0 Å². The molecule has 0 saturated carbocycles. The normalized spacial score (nSPS) is 15.9. The standard InChI is InChI=1S/C30H37ClN8O.C7H14N2O.C2H4O2/c1-3-38-22-11-7-8-12-23(22)39(24(38)19-34-29(40)25-27(32)36-28(33)26(31)35-25)20-30(15-17-37(2)18-16-30)14-13-21-9-5-4-6-10-21;1-9-4-2-7(3-5-9)8-6-10;1-4-2-3/h4-12H,3,13-20H2,1-2H3,(H4-,32,33,34,36,40);6-7H,2-5H2,1H3,(H,8,10);2H,1H3/p+1. The van der Waals surface area contributed by atoms with Crippen LogP contribution >= 0.6 is 11.6 Å². The second-order valence-electron chi connectivity index (χ2n) is 14.0. The molecular weight excluding hydrogens is 708 g/mol. The molecule has 0 unspecified atom stereocenters. The monoisotopic (exact) mass is 763 g/mol. The third-order valence-electron chi connectivity index (χ3n) is 10.4. The molecule has 0 aliphatic carbocycles. The van der Waals surface area contributed by atoms with Crippen molar-refractivity contribution in [2.24, 2.45) is 5.41 Å². The quantitative estimate of drug-likeness (QED) is 0.124. The zero-order valence-corrected chi connectivity index (χ0v) is 32.7. The van der Waals surface area contributed by atoms with Gasteiger partial charge in [-0.05, 0) is 103 Å². The van der Waals surface area contributed by atoms with Gasteiger partial charge in [0.05, 0.1) is 20.2 Å². The number of hydrogen-bond acceptors (Lipinski definition) is 10. The van der Waals surface area contributed by atoms with E-state index in [1.807, 2.05) is 0 Å². The van der Waals surface area contributed by atoms with E-state index in [9.17, 15) is 9.59 Å². The number of carbonyl (C=O) groups is 3. The number of aryl methyl sites for hydroxylation is 2. The van der Waals surface area contributed by atoms with E-state index in [0.717, 1.165) is 95.5 Å². The minimum absolute atomic E-state index is 0.00130. The minimum atomic E-state index is -0.440. The van der Waals surface area contributed by atoms with Gasteiger partial charge in [0.2, 0.25) is 6.41 Å². The van der Waals surface area contributed by atoms with Crippen molar-refractivity contribution in [3.63, 3.8) is 0 Å². The Bertz CT molecular complexity index is 1810. The van der Waals surface area contributed by atoms with Gasteiger partial charge in [0.15, 0.2) is 33.5 Å². The number of anilines is 2. The van der Waals surface area contributed by atoms with Crippen molar-refractivity contribution in [3.05, 3.63) is 76.8 Å². The molecule has 2 aromatic carbocycles. The van der Waals surface area contributed by atoms with Crippen LogP contribution in [0, 0.1) is 5.41 Å². The van der Waals surface area contributed by atoms with Crippen LogP contribution < -0.4 is 26.7 Å². The van der Waals surface area contributed by atoms with Gasteiger partial charge in [-0.15, -0.1) is 0 Å². The number of aromatic nitrogens is 4. The average Bonchev–Trinajstić information content (AvgIpc) is 3.48. The Labute approximate surface area is 323 Å². The number of nitrogens with one attached hydrogen (secondary N) is 2. The summed E-state index contributed by atoms with van der Waals surface area (Å²) in [5, 5.41) is 5.78. The lowest BCUT2D eigenvalue weighted by Crippen LogP contribution is -2.51. The van der Waals surface area contributed by atoms with E-state index in [0.29, 0.717) is 19.1 Å². The first-order valence-electron chi connectivity index (χ1n) is 18.5. The molecule has 4 heterocycles. The number of likely N-dealkylation sites (tertiary alicyclic amines) is 2. The second kappa shape index (κ2) is 20.6. The molecule has 2 aliphatic rings. The number of benzene rings is 2. The number of rotatable bonds is 12. The first-order chi connectivity index (χ1) is 26.0. The van der Waals surface area contributed by atoms with Crippen LogP contribution in [0.4, 0.5) is 11.6 Å². The van der Waals surface area contributed by atoms with Crippen LogP contribution in [0.15, 0.2) is 54.6 Å². The molecule has 0 spiro atoms. The largest absolute Gasteiger partial charge is 0.471 e. The molecule has 2 aromatic heterocycles. The lowest BCUT2D eigenvalue weighted by atomic mass is 9.74. The molecule has 0 bridgehead atoms. The molecule has 14 nitrogen and oxygen atoms in total. The lowest BCUT2D eigenvalue weighted by molar-refractivity contribution is -0.694. The molecule has 2 aliphatic heterocycles. The summed E-state index contributed by atoms with van der Waals surface area (Å²) in [5.74, 6) is 0.542. The SMILES string of the molecule is CCn1c(CNC(=O)c2nc(Cl)c(N)nc2N)[n+](CC2(CCc3ccccc3)CCN(C)CC2)c2ccccc21.CN1CCC(NC=O)CC1.COC=O. The van der Waals surface area contributed by atoms with Crippen molar-refractivity contribution in [1.29, 1.82) is 0 Å². The van der Waals surface area contributed by atoms with E-state index >= 15 is 0 Å². The van der Waals surface area contributed by atoms with Crippen molar-refractivity contribution in [2.45, 2.75) is 71.1 Å². The molecule has 2 saturated heterocycles. The van der Waals surface area contributed by atoms with Gasteiger partial charge < -0.3 is 36.6 Å². The summed E-state index contributed by atoms with van der Waals surface area (Å²) in [7, 11) is 5.63. The Balaban J connectivity index is 0.000000391. The smallest absolute Gasteiger partial charge is 0.292 e. The maximum atomic E-state index is 13.2. The maximum absolute atomic E-state index is 13.2. The van der Waals surface area contributed by atoms with Gasteiger partial charge in [-0.3, -0.25) is 14.4 Å². The number of nitrogens with zero attached hydrogens (tertiary/aromatic N) is 6. The number of nitrogens with two attached hydrogens (primary N) is 2. The first kappa shape index (κ1) is 42.0. The number of imidazole rings is 1. The fourth-order valence-electron chi connectivity index (χ4n) is 7.16. The molecule has 0 atom stereocenters. The molecule has 6 N–H and O–H groups in total. The van der Waals surface area contributed by atoms with E-state index in [-0.39, 0.29) is 27.9 Å². The number of ether oxygens (including phenoxy) is 1. The van der Waals surface area contributed by atoms with Crippen LogP contribution in [0.2, 0.25) is 5.15 Å². The summed E-state index contributed by atoms with van der Waals surface area (Å²) in [5.41, 5.74) is 15.4. The van der Waals surface area contributed by atoms with Gasteiger partial charge >= 0.3 is 0 Å². The van der Waals surface area contributed by atoms with Crippen LogP contribution in [-0.4, -0.2) is 96.6 Å². The number of para-hydroxylation sites is 2. The van der Waals surface area contributed by atoms with Gasteiger partial charge in [-0.25, -0.2) is 19.1 Å². The summed E-state index contributed by atoms with van der Waals surface area (Å²) in [6.45, 7) is 8.81. The molecule has 2 fully saturated rings. The highest BCUT2D eigenvalue weighted by Gasteiger charge is 2.38. The van der Waals surface area contributed by atoms with E-state index in [1.165, 1.54) is 18.2 Å². The van der Waals surface area contributed by atoms with Crippen molar-refractivity contribution in [3.8, 4) is 0 Å². The van der Waals surface area contributed by atoms with Crippen molar-refractivity contribution in [1.82, 2.24) is 35.0 Å². The average molecular weight is 764 g/mol. The van der Waals surface area contributed by atoms with Crippen LogP contribution in [0.3, 0.4) is 0 Å². The predicted molar refractivity (Wildman–Crippen MR) is 212 cm³/mol. The summed E-state index contributed by atoms with van der Waals surface area (Å²) in [6, 6.07) is 19.6. The van der Waals surface area contributed by atoms with Crippen molar-refractivity contribution < 1.29 is 23.7 Å². The molecule has 54 heavy (non-hydrogen) atoms. The summed E-state index contributed by atoms with van der Waals surface area (Å²) in [4.78, 5) is 44.9. The minimum Gasteiger partial charge on any atom is -0.471 e. The van der Waals surface area contributed by atoms with E-state index in [4.69, 9.17) is 27.9 Å². The Morgan fingerprint density at radius 3 is 2.24 bits per heavy atom. The molecule has 4 aromatic rings. The predicted octanol–water partition coefficient (Wildman–Crippen LogP) is 3.45. The number of amides is 2. The molecule has 2 amide bonds. The summed E-state index contributed by atoms with van der Waals surface area (Å²) >= 11 is 6.04. The van der Waals surface area contributed by atoms with Crippen LogP contribution in [0.5, 0.6) is 0 Å². The number of fused-ring (bicyclic) bond motifs is 1. The zero-order valence-electron chi connectivity index (χ0n) is 32.0. The fraction of sp³-hybridized carbons (Fsp3) is 0.487. The summed E-state index contributed by atoms with van der Waals surface area (Å²) in [6.07, 6.45) is 7.37. The highest BCUT2D eigenvalue weighted by atomic mass is 35.5. The highest BCUT2D eigenvalue weighted by Crippen LogP contribution is 2.37. The van der Waals surface area contributed by atoms with E-state index < -0.39 is 5.91 Å². The van der Waals surface area contributed by atoms with E-state index in [2.05, 4.69) is 120 Å². The summed E-state index contributed by atoms with van der Waals surface area (Å²) < 4.78 is 8.56. The number of hydrogen-bond donors (Lipinski definition) is 4. The Morgan fingerprint density at radius 2 is 1.61 bits per heavy atom. The maximum Gasteiger partial charge on any atom is 0.292 e. The third-order valence-corrected chi connectivity index (χ3v) is 10.7. The Hall–Kier alpha value is -4.79. The zero-order chi connectivity index (χ0) is 39.1.